The summed E-state index contributed by atoms with van der Waals surface area (Å²) in [6.07, 6.45) is -0.993. The van der Waals surface area contributed by atoms with Gasteiger partial charge in [0.15, 0.2) is 12.2 Å². The third-order valence-electron chi connectivity index (χ3n) is 4.65. The number of fused-ring (bicyclic) bond motifs is 1. The Bertz CT molecular complexity index is 1130. The Hall–Kier alpha value is -3.28. The lowest BCUT2D eigenvalue weighted by Crippen LogP contribution is -2.44. The topological polar surface area (TPSA) is 122 Å². The molecule has 0 bridgehead atoms. The molecule has 1 aliphatic carbocycles. The van der Waals surface area contributed by atoms with E-state index in [0.717, 1.165) is 0 Å². The number of hydrazine groups is 1. The van der Waals surface area contributed by atoms with Crippen LogP contribution in [0.5, 0.6) is 0 Å². The highest BCUT2D eigenvalue weighted by Crippen LogP contribution is 2.30. The minimum atomic E-state index is -4.27. The Morgan fingerprint density at radius 2 is 1.67 bits per heavy atom. The molecule has 2 aliphatic rings. The van der Waals surface area contributed by atoms with E-state index in [1.165, 1.54) is 42.5 Å². The van der Waals surface area contributed by atoms with E-state index in [1.807, 2.05) is 0 Å². The van der Waals surface area contributed by atoms with Gasteiger partial charge in [-0.25, -0.2) is 17.6 Å². The summed E-state index contributed by atoms with van der Waals surface area (Å²) in [7, 11) is -4.27. The van der Waals surface area contributed by atoms with E-state index in [-0.39, 0.29) is 27.9 Å². The lowest BCUT2D eigenvalue weighted by molar-refractivity contribution is -0.167. The number of hydrogen-bond acceptors (Lipinski definition) is 7. The van der Waals surface area contributed by atoms with E-state index in [2.05, 4.69) is 0 Å². The number of hydrogen-bond donors (Lipinski definition) is 2. The van der Waals surface area contributed by atoms with Gasteiger partial charge in [-0.1, -0.05) is 29.1 Å². The monoisotopic (exact) mass is 434 g/mol. The van der Waals surface area contributed by atoms with Gasteiger partial charge in [0, 0.05) is 12.0 Å². The van der Waals surface area contributed by atoms with Crippen LogP contribution in [-0.2, 0) is 24.3 Å². The number of carbonyl (C=O) groups is 2. The second-order valence-corrected chi connectivity index (χ2v) is 8.29. The maximum atomic E-state index is 13.0. The molecule has 9 nitrogen and oxygen atoms in total. The van der Waals surface area contributed by atoms with E-state index in [0.29, 0.717) is 11.1 Å². The molecule has 2 aromatic carbocycles. The van der Waals surface area contributed by atoms with E-state index in [1.54, 1.807) is 17.0 Å². The van der Waals surface area contributed by atoms with Crippen LogP contribution in [0.4, 0.5) is 9.18 Å². The van der Waals surface area contributed by atoms with Gasteiger partial charge in [-0.3, -0.25) is 10.0 Å². The first-order valence-corrected chi connectivity index (χ1v) is 10.2. The molecule has 0 radical (unpaired) electrons. The van der Waals surface area contributed by atoms with Crippen LogP contribution in [0.25, 0.3) is 11.1 Å². The Morgan fingerprint density at radius 3 is 2.27 bits per heavy atom. The van der Waals surface area contributed by atoms with Gasteiger partial charge in [0.1, 0.15) is 5.82 Å². The molecular formula is C19H15FN2O7S. The van der Waals surface area contributed by atoms with Crippen molar-refractivity contribution in [3.05, 3.63) is 66.0 Å². The summed E-state index contributed by atoms with van der Waals surface area (Å²) >= 11 is 0. The number of halogens is 1. The molecule has 156 valence electrons. The zero-order valence-electron chi connectivity index (χ0n) is 15.2. The van der Waals surface area contributed by atoms with E-state index in [4.69, 9.17) is 9.47 Å². The molecule has 2 unspecified atom stereocenters. The van der Waals surface area contributed by atoms with Crippen molar-refractivity contribution < 1.29 is 37.1 Å². The third-order valence-corrected chi connectivity index (χ3v) is 5.95. The molecule has 11 heteroatoms. The fourth-order valence-corrected chi connectivity index (χ4v) is 4.07. The molecule has 0 aromatic heterocycles. The van der Waals surface area contributed by atoms with Crippen LogP contribution in [0.15, 0.2) is 65.1 Å². The number of carbonyl (C=O) groups excluding carboxylic acids is 2. The summed E-state index contributed by atoms with van der Waals surface area (Å²) in [6, 6.07) is 11.3. The zero-order valence-corrected chi connectivity index (χ0v) is 16.0. The van der Waals surface area contributed by atoms with Crippen LogP contribution in [0.3, 0.4) is 0 Å². The number of amides is 1. The predicted octanol–water partition coefficient (Wildman–Crippen LogP) is 2.14. The minimum absolute atomic E-state index is 0.0135. The van der Waals surface area contributed by atoms with Crippen molar-refractivity contribution in [2.45, 2.75) is 23.5 Å². The average Bonchev–Trinajstić information content (AvgIpc) is 3.25. The molecule has 2 atom stereocenters. The van der Waals surface area contributed by atoms with E-state index >= 15 is 0 Å². The number of ether oxygens (including phenoxy) is 2. The van der Waals surface area contributed by atoms with Crippen molar-refractivity contribution in [1.82, 2.24) is 10.0 Å². The van der Waals surface area contributed by atoms with Gasteiger partial charge in [0.05, 0.1) is 4.90 Å². The van der Waals surface area contributed by atoms with Crippen LogP contribution in [0.1, 0.15) is 6.42 Å². The molecule has 30 heavy (non-hydrogen) atoms. The molecule has 0 saturated carbocycles. The normalized spacial score (nSPS) is 20.2. The van der Waals surface area contributed by atoms with Gasteiger partial charge in [-0.05, 0) is 41.5 Å². The molecule has 1 amide bonds. The van der Waals surface area contributed by atoms with Crippen LogP contribution >= 0.6 is 0 Å². The number of sulfonamides is 1. The molecule has 1 saturated heterocycles. The predicted molar refractivity (Wildman–Crippen MR) is 98.6 cm³/mol. The molecule has 4 rings (SSSR count). The first kappa shape index (κ1) is 20.0. The largest absolute Gasteiger partial charge is 0.509 e. The van der Waals surface area contributed by atoms with Crippen molar-refractivity contribution in [2.75, 3.05) is 0 Å². The first-order valence-electron chi connectivity index (χ1n) is 8.73. The SMILES string of the molecule is O=C1OC2C=C(C(=O)N(O)NS(=O)(=O)c3ccc(-c4ccc(F)cc4)cc3)CC2O1. The van der Waals surface area contributed by atoms with Gasteiger partial charge in [0.2, 0.25) is 0 Å². The summed E-state index contributed by atoms with van der Waals surface area (Å²) in [6.45, 7) is 0. The number of rotatable bonds is 5. The lowest BCUT2D eigenvalue weighted by Gasteiger charge is -2.17. The van der Waals surface area contributed by atoms with Gasteiger partial charge in [0.25, 0.3) is 15.9 Å². The fraction of sp³-hybridized carbons (Fsp3) is 0.158. The van der Waals surface area contributed by atoms with Crippen LogP contribution in [0, 0.1) is 5.82 Å². The third kappa shape index (κ3) is 3.90. The molecule has 2 N–H and O–H groups in total. The Balaban J connectivity index is 1.44. The standard InChI is InChI=1S/C19H15FN2O7S/c20-14-5-1-11(2-6-14)12-3-7-15(8-4-12)30(26,27)21-22(25)18(23)13-9-16-17(10-13)29-19(24)28-16/h1-9,16-17,21,25H,10H2. The lowest BCUT2D eigenvalue weighted by atomic mass is 10.1. The highest BCUT2D eigenvalue weighted by Gasteiger charge is 2.43. The molecule has 1 aliphatic heterocycles. The van der Waals surface area contributed by atoms with Crippen molar-refractivity contribution in [1.29, 1.82) is 0 Å². The Morgan fingerprint density at radius 1 is 1.07 bits per heavy atom. The molecule has 2 aromatic rings. The average molecular weight is 434 g/mol. The van der Waals surface area contributed by atoms with Crippen molar-refractivity contribution >= 4 is 22.1 Å². The maximum Gasteiger partial charge on any atom is 0.509 e. The van der Waals surface area contributed by atoms with Crippen molar-refractivity contribution in [3.63, 3.8) is 0 Å². The van der Waals surface area contributed by atoms with Gasteiger partial charge < -0.3 is 9.47 Å². The first-order chi connectivity index (χ1) is 14.2. The van der Waals surface area contributed by atoms with Gasteiger partial charge >= 0.3 is 6.16 Å². The van der Waals surface area contributed by atoms with Crippen molar-refractivity contribution in [2.24, 2.45) is 0 Å². The number of benzene rings is 2. The summed E-state index contributed by atoms with van der Waals surface area (Å²) in [5.41, 5.74) is 1.38. The van der Waals surface area contributed by atoms with Crippen molar-refractivity contribution in [3.8, 4) is 11.1 Å². The number of nitrogens with one attached hydrogen (secondary N) is 1. The second kappa shape index (κ2) is 7.52. The maximum absolute atomic E-state index is 13.0. The highest BCUT2D eigenvalue weighted by atomic mass is 32.2. The highest BCUT2D eigenvalue weighted by molar-refractivity contribution is 7.89. The number of nitrogens with zero attached hydrogens (tertiary/aromatic N) is 1. The minimum Gasteiger partial charge on any atom is -0.426 e. The van der Waals surface area contributed by atoms with Gasteiger partial charge in [-0.2, -0.15) is 0 Å². The van der Waals surface area contributed by atoms with Crippen LogP contribution in [0.2, 0.25) is 0 Å². The quantitative estimate of drug-likeness (QED) is 0.420. The Labute approximate surface area is 170 Å². The summed E-state index contributed by atoms with van der Waals surface area (Å²) in [5.74, 6) is -1.41. The van der Waals surface area contributed by atoms with E-state index in [9.17, 15) is 27.6 Å². The van der Waals surface area contributed by atoms with Crippen LogP contribution < -0.4 is 4.83 Å². The number of hydroxylamine groups is 1. The molecular weight excluding hydrogens is 419 g/mol. The molecule has 1 heterocycles. The summed E-state index contributed by atoms with van der Waals surface area (Å²) < 4.78 is 47.6. The van der Waals surface area contributed by atoms with E-state index < -0.39 is 34.3 Å². The Kier molecular flexibility index (Phi) is 5.02. The fourth-order valence-electron chi connectivity index (χ4n) is 3.16. The van der Waals surface area contributed by atoms with Gasteiger partial charge in [-0.15, -0.1) is 5.17 Å². The smallest absolute Gasteiger partial charge is 0.426 e. The summed E-state index contributed by atoms with van der Waals surface area (Å²) in [4.78, 5) is 24.9. The zero-order chi connectivity index (χ0) is 21.5. The molecule has 1 fully saturated rings. The van der Waals surface area contributed by atoms with Crippen LogP contribution in [-0.4, -0.2) is 43.1 Å². The summed E-state index contributed by atoms with van der Waals surface area (Å²) in [5, 5.41) is 9.78. The second-order valence-electron chi connectivity index (χ2n) is 6.63. The molecule has 0 spiro atoms.